The number of carbonyl (C=O) groups is 1. The molecule has 4 nitrogen and oxygen atoms in total. The molecule has 1 aliphatic heterocycles. The van der Waals surface area contributed by atoms with Crippen LogP contribution in [0.4, 0.5) is 0 Å². The molecule has 1 fully saturated rings. The van der Waals surface area contributed by atoms with Gasteiger partial charge in [-0.25, -0.2) is 4.79 Å². The standard InChI is InChI=1S/C25H32ClNO3S/c1-25(2,3)30-24(29)20-12-8-14-22(26)27-23(20)19-11-6-7-13-21(19)31-16-18-10-5-4-9-17(18)15-28/h4-5,8-10,12,14,19,21,27-28H,6-7,11,13,15-16H2,1-3H3. The molecule has 3 rings (SSSR count). The summed E-state index contributed by atoms with van der Waals surface area (Å²) in [5, 5.41) is 13.8. The summed E-state index contributed by atoms with van der Waals surface area (Å²) in [5.41, 5.74) is 2.97. The molecule has 1 heterocycles. The third-order valence-electron chi connectivity index (χ3n) is 5.48. The van der Waals surface area contributed by atoms with Crippen molar-refractivity contribution in [3.63, 3.8) is 0 Å². The van der Waals surface area contributed by atoms with E-state index < -0.39 is 5.60 Å². The minimum Gasteiger partial charge on any atom is -0.456 e. The van der Waals surface area contributed by atoms with Gasteiger partial charge in [0.15, 0.2) is 0 Å². The van der Waals surface area contributed by atoms with Gasteiger partial charge in [-0.15, -0.1) is 0 Å². The van der Waals surface area contributed by atoms with Gasteiger partial charge in [-0.1, -0.05) is 54.8 Å². The van der Waals surface area contributed by atoms with Crippen LogP contribution in [0.5, 0.6) is 0 Å². The van der Waals surface area contributed by atoms with E-state index in [-0.39, 0.29) is 18.5 Å². The molecule has 0 bridgehead atoms. The van der Waals surface area contributed by atoms with Crippen LogP contribution in [-0.2, 0) is 21.9 Å². The first-order valence-corrected chi connectivity index (χ1v) is 12.3. The van der Waals surface area contributed by atoms with E-state index in [4.69, 9.17) is 16.3 Å². The van der Waals surface area contributed by atoms with Crippen molar-refractivity contribution in [2.24, 2.45) is 5.92 Å². The summed E-state index contributed by atoms with van der Waals surface area (Å²) in [6, 6.07) is 8.02. The van der Waals surface area contributed by atoms with Crippen molar-refractivity contribution in [3.8, 4) is 0 Å². The number of thioether (sulfide) groups is 1. The highest BCUT2D eigenvalue weighted by Gasteiger charge is 2.33. The summed E-state index contributed by atoms with van der Waals surface area (Å²) in [6.45, 7) is 5.68. The van der Waals surface area contributed by atoms with Crippen LogP contribution in [0.3, 0.4) is 0 Å². The highest BCUT2D eigenvalue weighted by atomic mass is 35.5. The van der Waals surface area contributed by atoms with E-state index in [0.29, 0.717) is 16.0 Å². The van der Waals surface area contributed by atoms with E-state index >= 15 is 0 Å². The van der Waals surface area contributed by atoms with Gasteiger partial charge in [0.05, 0.1) is 12.2 Å². The fourth-order valence-corrected chi connectivity index (χ4v) is 5.72. The first-order chi connectivity index (χ1) is 14.8. The minimum atomic E-state index is -0.568. The van der Waals surface area contributed by atoms with E-state index in [2.05, 4.69) is 11.4 Å². The number of ether oxygens (including phenoxy) is 1. The van der Waals surface area contributed by atoms with E-state index in [9.17, 15) is 9.90 Å². The first-order valence-electron chi connectivity index (χ1n) is 10.9. The Morgan fingerprint density at radius 3 is 2.65 bits per heavy atom. The fourth-order valence-electron chi connectivity index (χ4n) is 4.04. The summed E-state index contributed by atoms with van der Waals surface area (Å²) in [6.07, 6.45) is 9.73. The number of esters is 1. The van der Waals surface area contributed by atoms with Crippen LogP contribution in [0.2, 0.25) is 0 Å². The molecule has 2 unspecified atom stereocenters. The number of carbonyl (C=O) groups excluding carboxylic acids is 1. The lowest BCUT2D eigenvalue weighted by Gasteiger charge is -2.34. The highest BCUT2D eigenvalue weighted by molar-refractivity contribution is 7.99. The second kappa shape index (κ2) is 10.8. The molecular weight excluding hydrogens is 430 g/mol. The smallest absolute Gasteiger partial charge is 0.340 e. The second-order valence-electron chi connectivity index (χ2n) is 9.00. The van der Waals surface area contributed by atoms with Gasteiger partial charge >= 0.3 is 5.97 Å². The molecule has 1 aromatic carbocycles. The van der Waals surface area contributed by atoms with Crippen LogP contribution in [0.25, 0.3) is 0 Å². The molecule has 0 saturated heterocycles. The predicted molar refractivity (Wildman–Crippen MR) is 128 cm³/mol. The van der Waals surface area contributed by atoms with E-state index in [1.165, 1.54) is 6.42 Å². The average molecular weight is 462 g/mol. The number of aliphatic hydroxyl groups is 1. The van der Waals surface area contributed by atoms with E-state index in [0.717, 1.165) is 41.8 Å². The Morgan fingerprint density at radius 1 is 1.23 bits per heavy atom. The Labute approximate surface area is 194 Å². The molecule has 168 valence electrons. The van der Waals surface area contributed by atoms with Crippen LogP contribution in [0, 0.1) is 5.92 Å². The fraction of sp³-hybridized carbons (Fsp3) is 0.480. The normalized spacial score (nSPS) is 21.9. The summed E-state index contributed by atoms with van der Waals surface area (Å²) in [7, 11) is 0. The number of benzene rings is 1. The van der Waals surface area contributed by atoms with Gasteiger partial charge in [0.25, 0.3) is 0 Å². The van der Waals surface area contributed by atoms with Crippen LogP contribution >= 0.6 is 23.4 Å². The molecule has 0 aromatic heterocycles. The van der Waals surface area contributed by atoms with Crippen molar-refractivity contribution >= 4 is 29.3 Å². The molecule has 0 radical (unpaired) electrons. The van der Waals surface area contributed by atoms with Crippen LogP contribution in [0.1, 0.15) is 57.6 Å². The monoisotopic (exact) mass is 461 g/mol. The molecule has 1 aliphatic carbocycles. The Balaban J connectivity index is 1.87. The number of hydrogen-bond acceptors (Lipinski definition) is 5. The molecule has 2 atom stereocenters. The van der Waals surface area contributed by atoms with Crippen molar-refractivity contribution in [2.75, 3.05) is 0 Å². The number of nitrogens with one attached hydrogen (secondary N) is 1. The summed E-state index contributed by atoms with van der Waals surface area (Å²) in [5.74, 6) is 0.672. The van der Waals surface area contributed by atoms with Gasteiger partial charge in [0, 0.05) is 22.6 Å². The van der Waals surface area contributed by atoms with Crippen LogP contribution < -0.4 is 5.32 Å². The van der Waals surface area contributed by atoms with Gasteiger partial charge < -0.3 is 15.2 Å². The summed E-state index contributed by atoms with van der Waals surface area (Å²) < 4.78 is 5.70. The van der Waals surface area contributed by atoms with Crippen molar-refractivity contribution in [1.82, 2.24) is 5.32 Å². The lowest BCUT2D eigenvalue weighted by atomic mass is 9.84. The lowest BCUT2D eigenvalue weighted by molar-refractivity contribution is -0.149. The number of allylic oxidation sites excluding steroid dienone is 3. The van der Waals surface area contributed by atoms with Crippen LogP contribution in [0.15, 0.2) is 58.9 Å². The molecule has 0 amide bonds. The molecule has 0 spiro atoms. The number of halogens is 1. The Morgan fingerprint density at radius 2 is 1.94 bits per heavy atom. The third kappa shape index (κ3) is 6.64. The zero-order chi connectivity index (χ0) is 22.4. The predicted octanol–water partition coefficient (Wildman–Crippen LogP) is 5.81. The first kappa shape index (κ1) is 24.0. The third-order valence-corrected chi connectivity index (χ3v) is 7.17. The second-order valence-corrected chi connectivity index (χ2v) is 10.6. The lowest BCUT2D eigenvalue weighted by Crippen LogP contribution is -2.33. The maximum absolute atomic E-state index is 13.0. The maximum Gasteiger partial charge on any atom is 0.340 e. The molecule has 1 aromatic rings. The van der Waals surface area contributed by atoms with Gasteiger partial charge in [-0.3, -0.25) is 0 Å². The largest absolute Gasteiger partial charge is 0.456 e. The minimum absolute atomic E-state index is 0.0471. The number of rotatable bonds is 6. The van der Waals surface area contributed by atoms with Gasteiger partial charge in [0.2, 0.25) is 0 Å². The summed E-state index contributed by atoms with van der Waals surface area (Å²) in [4.78, 5) is 13.0. The van der Waals surface area contributed by atoms with Crippen molar-refractivity contribution < 1.29 is 14.6 Å². The number of aliphatic hydroxyl groups excluding tert-OH is 1. The van der Waals surface area contributed by atoms with Gasteiger partial charge in [-0.05, 0) is 56.9 Å². The van der Waals surface area contributed by atoms with Gasteiger partial charge in [0.1, 0.15) is 10.8 Å². The van der Waals surface area contributed by atoms with Crippen molar-refractivity contribution in [2.45, 2.75) is 69.7 Å². The molecule has 2 N–H and O–H groups in total. The zero-order valence-electron chi connectivity index (χ0n) is 18.5. The van der Waals surface area contributed by atoms with Crippen molar-refractivity contribution in [1.29, 1.82) is 0 Å². The van der Waals surface area contributed by atoms with Gasteiger partial charge in [-0.2, -0.15) is 11.8 Å². The van der Waals surface area contributed by atoms with E-state index in [1.807, 2.05) is 56.8 Å². The Kier molecular flexibility index (Phi) is 8.31. The molecular formula is C25H32ClNO3S. The Hall–Kier alpha value is -1.69. The van der Waals surface area contributed by atoms with Crippen LogP contribution in [-0.4, -0.2) is 21.9 Å². The number of hydrogen-bond donors (Lipinski definition) is 2. The van der Waals surface area contributed by atoms with Crippen molar-refractivity contribution in [3.05, 3.63) is 70.0 Å². The van der Waals surface area contributed by atoms with E-state index in [1.54, 1.807) is 12.2 Å². The average Bonchev–Trinajstić information content (AvgIpc) is 2.93. The SMILES string of the molecule is CC(C)(C)OC(=O)C1=C(C2CCCCC2SCc2ccccc2CO)NC(Cl)=CC=C1. The topological polar surface area (TPSA) is 58.6 Å². The quantitative estimate of drug-likeness (QED) is 0.413. The highest BCUT2D eigenvalue weighted by Crippen LogP contribution is 2.40. The molecule has 1 saturated carbocycles. The molecule has 2 aliphatic rings. The maximum atomic E-state index is 13.0. The zero-order valence-corrected chi connectivity index (χ0v) is 20.1. The summed E-state index contributed by atoms with van der Waals surface area (Å²) >= 11 is 8.27. The molecule has 31 heavy (non-hydrogen) atoms. The molecule has 6 heteroatoms. The Bertz CT molecular complexity index is 885.